The molecule has 0 saturated carbocycles. The molecule has 0 unspecified atom stereocenters. The second-order valence-electron chi connectivity index (χ2n) is 9.28. The van der Waals surface area contributed by atoms with Gasteiger partial charge in [0.25, 0.3) is 0 Å². The maximum atomic E-state index is 14.6. The molecule has 39 heavy (non-hydrogen) atoms. The first-order valence-electron chi connectivity index (χ1n) is 13.8. The zero-order chi connectivity index (χ0) is 28.3. The van der Waals surface area contributed by atoms with Gasteiger partial charge in [0.2, 0.25) is 0 Å². The average Bonchev–Trinajstić information content (AvgIpc) is 2.98. The number of hydrogen-bond donors (Lipinski definition) is 0. The van der Waals surface area contributed by atoms with E-state index in [4.69, 9.17) is 14.2 Å². The molecule has 0 aromatic heterocycles. The fourth-order valence-corrected chi connectivity index (χ4v) is 4.46. The summed E-state index contributed by atoms with van der Waals surface area (Å²) in [5, 5.41) is 0. The highest BCUT2D eigenvalue weighted by Gasteiger charge is 2.53. The van der Waals surface area contributed by atoms with Crippen molar-refractivity contribution in [2.45, 2.75) is 53.4 Å². The number of carbonyl (C=O) groups is 3. The Morgan fingerprint density at radius 2 is 0.795 bits per heavy atom. The molecule has 0 bridgehead atoms. The number of benzene rings is 3. The molecular weight excluding hydrogens is 492 g/mol. The topological polar surface area (TPSA) is 78.9 Å². The first kappa shape index (κ1) is 29.6. The van der Waals surface area contributed by atoms with Crippen LogP contribution in [-0.4, -0.2) is 37.2 Å². The first-order chi connectivity index (χ1) is 19.0. The van der Waals surface area contributed by atoms with E-state index in [0.29, 0.717) is 37.1 Å². The minimum Gasteiger partial charge on any atom is -0.493 e. The third kappa shape index (κ3) is 6.39. The maximum Gasteiger partial charge on any atom is 0.188 e. The lowest BCUT2D eigenvalue weighted by atomic mass is 9.67. The molecule has 3 aromatic carbocycles. The van der Waals surface area contributed by atoms with Crippen LogP contribution in [-0.2, 0) is 0 Å². The van der Waals surface area contributed by atoms with E-state index in [0.717, 1.165) is 19.3 Å². The minimum atomic E-state index is -2.07. The molecule has 0 amide bonds. The van der Waals surface area contributed by atoms with Crippen LogP contribution in [0.3, 0.4) is 0 Å². The number of hydrogen-bond acceptors (Lipinski definition) is 6. The summed E-state index contributed by atoms with van der Waals surface area (Å²) in [5.74, 6) is -0.802. The van der Waals surface area contributed by atoms with Crippen LogP contribution in [0.1, 0.15) is 84.5 Å². The van der Waals surface area contributed by atoms with Crippen LogP contribution in [0.4, 0.5) is 0 Å². The van der Waals surface area contributed by atoms with Crippen LogP contribution in [0.5, 0.6) is 17.2 Å². The molecule has 0 aliphatic rings. The van der Waals surface area contributed by atoms with Gasteiger partial charge in [-0.15, -0.1) is 0 Å². The molecule has 0 N–H and O–H groups in total. The fourth-order valence-electron chi connectivity index (χ4n) is 4.46. The van der Waals surface area contributed by atoms with Crippen molar-refractivity contribution in [1.29, 1.82) is 0 Å². The molecule has 3 aromatic rings. The van der Waals surface area contributed by atoms with Gasteiger partial charge in [-0.25, -0.2) is 0 Å². The first-order valence-corrected chi connectivity index (χ1v) is 13.8. The zero-order valence-electron chi connectivity index (χ0n) is 23.3. The molecule has 206 valence electrons. The second-order valence-corrected chi connectivity index (χ2v) is 9.28. The van der Waals surface area contributed by atoms with E-state index in [1.165, 1.54) is 0 Å². The third-order valence-corrected chi connectivity index (χ3v) is 6.47. The third-order valence-electron chi connectivity index (χ3n) is 6.47. The van der Waals surface area contributed by atoms with Crippen LogP contribution in [0.25, 0.3) is 0 Å². The Bertz CT molecular complexity index is 1120. The highest BCUT2D eigenvalue weighted by Crippen LogP contribution is 2.41. The second kappa shape index (κ2) is 14.3. The van der Waals surface area contributed by atoms with Gasteiger partial charge in [-0.3, -0.25) is 14.4 Å². The van der Waals surface area contributed by atoms with Gasteiger partial charge in [-0.1, -0.05) is 64.1 Å². The van der Waals surface area contributed by atoms with Gasteiger partial charge in [0, 0.05) is 0 Å². The molecule has 0 atom stereocenters. The van der Waals surface area contributed by atoms with Crippen molar-refractivity contribution in [3.05, 3.63) is 89.5 Å². The predicted molar refractivity (Wildman–Crippen MR) is 152 cm³/mol. The van der Waals surface area contributed by atoms with E-state index in [-0.39, 0.29) is 23.1 Å². The van der Waals surface area contributed by atoms with Gasteiger partial charge in [0.15, 0.2) is 22.8 Å². The quantitative estimate of drug-likeness (QED) is 0.142. The summed E-state index contributed by atoms with van der Waals surface area (Å²) in [4.78, 5) is 43.7. The van der Waals surface area contributed by atoms with E-state index < -0.39 is 22.8 Å². The van der Waals surface area contributed by atoms with E-state index >= 15 is 0 Å². The van der Waals surface area contributed by atoms with Crippen LogP contribution >= 0.6 is 0 Å². The normalized spacial score (nSPS) is 11.1. The average molecular weight is 531 g/mol. The van der Waals surface area contributed by atoms with E-state index in [1.54, 1.807) is 79.7 Å². The summed E-state index contributed by atoms with van der Waals surface area (Å²) in [6.45, 7) is 8.77. The monoisotopic (exact) mass is 530 g/mol. The van der Waals surface area contributed by atoms with Gasteiger partial charge < -0.3 is 14.2 Å². The summed E-state index contributed by atoms with van der Waals surface area (Å²) in [7, 11) is 0. The summed E-state index contributed by atoms with van der Waals surface area (Å²) in [5.41, 5.74) is -1.50. The summed E-state index contributed by atoms with van der Waals surface area (Å²) >= 11 is 0. The Labute approximate surface area is 231 Å². The molecule has 0 saturated heterocycles. The molecule has 0 heterocycles. The van der Waals surface area contributed by atoms with Crippen LogP contribution in [0, 0.1) is 5.41 Å². The highest BCUT2D eigenvalue weighted by molar-refractivity contribution is 6.36. The fraction of sp³-hybridized carbons (Fsp3) is 0.364. The zero-order valence-corrected chi connectivity index (χ0v) is 23.3. The lowest BCUT2D eigenvalue weighted by Gasteiger charge is -2.30. The van der Waals surface area contributed by atoms with Crippen LogP contribution in [0.2, 0.25) is 0 Å². The Balaban J connectivity index is 2.26. The number of ketones is 3. The summed E-state index contributed by atoms with van der Waals surface area (Å²) < 4.78 is 17.6. The largest absolute Gasteiger partial charge is 0.493 e. The van der Waals surface area contributed by atoms with Gasteiger partial charge in [0.1, 0.15) is 17.2 Å². The number of carbonyl (C=O) groups excluding carboxylic acids is 3. The molecule has 0 spiro atoms. The van der Waals surface area contributed by atoms with Crippen molar-refractivity contribution in [2.24, 2.45) is 5.41 Å². The van der Waals surface area contributed by atoms with Gasteiger partial charge in [-0.05, 0) is 62.1 Å². The molecule has 6 heteroatoms. The van der Waals surface area contributed by atoms with E-state index in [1.807, 2.05) is 20.8 Å². The van der Waals surface area contributed by atoms with Gasteiger partial charge >= 0.3 is 0 Å². The standard InChI is InChI=1S/C33H38O6/c1-5-21-37-27-18-12-9-15-24(27)30(34)33(8-4,31(35)25-16-10-13-19-28(25)38-22-6-2)32(36)26-17-11-14-20-29(26)39-23-7-3/h9-20H,5-8,21-23H2,1-4H3. The SMILES string of the molecule is CCCOc1ccccc1C(=O)C(CC)(C(=O)c1ccccc1OCCC)C(=O)c1ccccc1OCCC. The van der Waals surface area contributed by atoms with E-state index in [9.17, 15) is 14.4 Å². The Kier molecular flexibility index (Phi) is 10.9. The maximum absolute atomic E-state index is 14.6. The smallest absolute Gasteiger partial charge is 0.188 e. The molecular formula is C33H38O6. The van der Waals surface area contributed by atoms with Gasteiger partial charge in [-0.2, -0.15) is 0 Å². The van der Waals surface area contributed by atoms with Gasteiger partial charge in [0.05, 0.1) is 36.5 Å². The van der Waals surface area contributed by atoms with E-state index in [2.05, 4.69) is 0 Å². The molecule has 0 fully saturated rings. The van der Waals surface area contributed by atoms with Crippen molar-refractivity contribution < 1.29 is 28.6 Å². The molecule has 0 aliphatic heterocycles. The van der Waals surface area contributed by atoms with Crippen molar-refractivity contribution >= 4 is 17.3 Å². The lowest BCUT2D eigenvalue weighted by molar-refractivity contribution is 0.0578. The highest BCUT2D eigenvalue weighted by atomic mass is 16.5. The van der Waals surface area contributed by atoms with Crippen molar-refractivity contribution in [3.8, 4) is 17.2 Å². The number of ether oxygens (including phenoxy) is 3. The lowest BCUT2D eigenvalue weighted by Crippen LogP contribution is -2.46. The Morgan fingerprint density at radius 1 is 0.513 bits per heavy atom. The molecule has 0 radical (unpaired) electrons. The molecule has 6 nitrogen and oxygen atoms in total. The number of rotatable bonds is 16. The molecule has 0 aliphatic carbocycles. The van der Waals surface area contributed by atoms with Crippen LogP contribution < -0.4 is 14.2 Å². The Hall–Kier alpha value is -3.93. The number of Topliss-reactive ketones (excluding diaryl/α,β-unsaturated/α-hetero) is 3. The molecule has 3 rings (SSSR count). The number of para-hydroxylation sites is 3. The predicted octanol–water partition coefficient (Wildman–Crippen LogP) is 7.40. The van der Waals surface area contributed by atoms with Crippen molar-refractivity contribution in [2.75, 3.05) is 19.8 Å². The summed E-state index contributed by atoms with van der Waals surface area (Å²) in [6.07, 6.45) is 2.16. The Morgan fingerprint density at radius 3 is 1.05 bits per heavy atom. The van der Waals surface area contributed by atoms with Crippen molar-refractivity contribution in [3.63, 3.8) is 0 Å². The summed E-state index contributed by atoms with van der Waals surface area (Å²) in [6, 6.07) is 20.3. The van der Waals surface area contributed by atoms with Crippen molar-refractivity contribution in [1.82, 2.24) is 0 Å². The minimum absolute atomic E-state index is 0.0597. The van der Waals surface area contributed by atoms with Crippen LogP contribution in [0.15, 0.2) is 72.8 Å².